The monoisotopic (exact) mass is 397 g/mol. The van der Waals surface area contributed by atoms with Gasteiger partial charge in [-0.3, -0.25) is 9.59 Å². The SMILES string of the molecule is COc1ccccc1C(=O)N(CC(=O)N(Cc1cccn1C)CC(C)C)C1CC1. The number of amides is 2. The van der Waals surface area contributed by atoms with Crippen molar-refractivity contribution in [2.45, 2.75) is 39.3 Å². The van der Waals surface area contributed by atoms with Gasteiger partial charge in [0.1, 0.15) is 12.3 Å². The average molecular weight is 398 g/mol. The van der Waals surface area contributed by atoms with Gasteiger partial charge in [0.05, 0.1) is 19.2 Å². The van der Waals surface area contributed by atoms with Gasteiger partial charge in [-0.25, -0.2) is 0 Å². The van der Waals surface area contributed by atoms with Crippen molar-refractivity contribution in [3.8, 4) is 5.75 Å². The first kappa shape index (κ1) is 21.0. The highest BCUT2D eigenvalue weighted by molar-refractivity contribution is 5.99. The van der Waals surface area contributed by atoms with Crippen LogP contribution in [0, 0.1) is 5.92 Å². The normalized spacial score (nSPS) is 13.4. The highest BCUT2D eigenvalue weighted by Gasteiger charge is 2.36. The summed E-state index contributed by atoms with van der Waals surface area (Å²) in [5.74, 6) is 0.730. The Hall–Kier alpha value is -2.76. The summed E-state index contributed by atoms with van der Waals surface area (Å²) < 4.78 is 7.39. The van der Waals surface area contributed by atoms with Crippen molar-refractivity contribution in [2.75, 3.05) is 20.2 Å². The molecule has 3 rings (SSSR count). The largest absolute Gasteiger partial charge is 0.496 e. The van der Waals surface area contributed by atoms with Crippen LogP contribution < -0.4 is 4.74 Å². The third-order valence-corrected chi connectivity index (χ3v) is 5.23. The fraction of sp³-hybridized carbons (Fsp3) is 0.478. The number of methoxy groups -OCH3 is 1. The van der Waals surface area contributed by atoms with Crippen LogP contribution in [0.3, 0.4) is 0 Å². The van der Waals surface area contributed by atoms with E-state index < -0.39 is 0 Å². The first-order valence-corrected chi connectivity index (χ1v) is 10.2. The third kappa shape index (κ3) is 5.19. The van der Waals surface area contributed by atoms with Crippen LogP contribution in [0.2, 0.25) is 0 Å². The Labute approximate surface area is 173 Å². The lowest BCUT2D eigenvalue weighted by Crippen LogP contribution is -2.45. The number of carbonyl (C=O) groups excluding carboxylic acids is 2. The molecule has 6 heteroatoms. The molecule has 2 amide bonds. The van der Waals surface area contributed by atoms with E-state index in [4.69, 9.17) is 4.74 Å². The Bertz CT molecular complexity index is 855. The minimum atomic E-state index is -0.137. The Morgan fingerprint density at radius 1 is 1.17 bits per heavy atom. The standard InChI is InChI=1S/C23H31N3O3/c1-17(2)14-25(15-19-8-7-13-24(19)3)22(27)16-26(18-11-12-18)23(28)20-9-5-6-10-21(20)29-4/h5-10,13,17-18H,11-12,14-16H2,1-4H3. The summed E-state index contributed by atoms with van der Waals surface area (Å²) in [4.78, 5) is 30.1. The van der Waals surface area contributed by atoms with Crippen molar-refractivity contribution >= 4 is 11.8 Å². The molecule has 1 fully saturated rings. The van der Waals surface area contributed by atoms with Crippen LogP contribution in [0.1, 0.15) is 42.7 Å². The zero-order chi connectivity index (χ0) is 21.0. The molecule has 0 unspecified atom stereocenters. The molecule has 1 aromatic heterocycles. The molecule has 1 aliphatic carbocycles. The number of ether oxygens (including phenoxy) is 1. The molecule has 2 aromatic rings. The molecular weight excluding hydrogens is 366 g/mol. The molecule has 29 heavy (non-hydrogen) atoms. The molecule has 0 N–H and O–H groups in total. The number of hydrogen-bond acceptors (Lipinski definition) is 3. The van der Waals surface area contributed by atoms with Gasteiger partial charge >= 0.3 is 0 Å². The first-order valence-electron chi connectivity index (χ1n) is 10.2. The van der Waals surface area contributed by atoms with E-state index in [0.717, 1.165) is 18.5 Å². The Morgan fingerprint density at radius 3 is 2.48 bits per heavy atom. The summed E-state index contributed by atoms with van der Waals surface area (Å²) >= 11 is 0. The van der Waals surface area contributed by atoms with Gasteiger partial charge in [-0.05, 0) is 43.0 Å². The smallest absolute Gasteiger partial charge is 0.258 e. The van der Waals surface area contributed by atoms with Crippen LogP contribution >= 0.6 is 0 Å². The maximum Gasteiger partial charge on any atom is 0.258 e. The number of aryl methyl sites for hydroxylation is 1. The molecule has 0 radical (unpaired) electrons. The molecule has 0 atom stereocenters. The highest BCUT2D eigenvalue weighted by Crippen LogP contribution is 2.30. The molecule has 0 saturated heterocycles. The lowest BCUT2D eigenvalue weighted by Gasteiger charge is -2.29. The zero-order valence-electron chi connectivity index (χ0n) is 17.8. The predicted octanol–water partition coefficient (Wildman–Crippen LogP) is 3.32. The van der Waals surface area contributed by atoms with Crippen LogP contribution in [0.15, 0.2) is 42.6 Å². The van der Waals surface area contributed by atoms with Gasteiger partial charge in [-0.2, -0.15) is 0 Å². The number of para-hydroxylation sites is 1. The quantitative estimate of drug-likeness (QED) is 0.652. The van der Waals surface area contributed by atoms with E-state index in [1.165, 1.54) is 0 Å². The van der Waals surface area contributed by atoms with Crippen LogP contribution in [-0.4, -0.2) is 52.4 Å². The van der Waals surface area contributed by atoms with E-state index in [1.807, 2.05) is 47.0 Å². The number of carbonyl (C=O) groups is 2. The Balaban J connectivity index is 1.78. The topological polar surface area (TPSA) is 54.8 Å². The van der Waals surface area contributed by atoms with E-state index in [2.05, 4.69) is 13.8 Å². The molecule has 0 bridgehead atoms. The summed E-state index contributed by atoms with van der Waals surface area (Å²) in [5, 5.41) is 0. The molecule has 1 aliphatic rings. The first-order chi connectivity index (χ1) is 13.9. The van der Waals surface area contributed by atoms with Crippen LogP contribution in [-0.2, 0) is 18.4 Å². The second kappa shape index (κ2) is 9.16. The van der Waals surface area contributed by atoms with Crippen LogP contribution in [0.4, 0.5) is 0 Å². The van der Waals surface area contributed by atoms with Crippen molar-refractivity contribution in [2.24, 2.45) is 13.0 Å². The van der Waals surface area contributed by atoms with E-state index in [9.17, 15) is 9.59 Å². The highest BCUT2D eigenvalue weighted by atomic mass is 16.5. The predicted molar refractivity (Wildman–Crippen MR) is 113 cm³/mol. The molecule has 1 saturated carbocycles. The molecular formula is C23H31N3O3. The Morgan fingerprint density at radius 2 is 1.90 bits per heavy atom. The van der Waals surface area contributed by atoms with E-state index in [-0.39, 0.29) is 24.4 Å². The van der Waals surface area contributed by atoms with Crippen molar-refractivity contribution in [1.82, 2.24) is 14.4 Å². The van der Waals surface area contributed by atoms with Gasteiger partial charge in [0, 0.05) is 31.5 Å². The average Bonchev–Trinajstić information content (AvgIpc) is 3.47. The van der Waals surface area contributed by atoms with Crippen molar-refractivity contribution in [1.29, 1.82) is 0 Å². The molecule has 1 heterocycles. The van der Waals surface area contributed by atoms with Gasteiger partial charge in [-0.1, -0.05) is 26.0 Å². The lowest BCUT2D eigenvalue weighted by atomic mass is 10.1. The van der Waals surface area contributed by atoms with Crippen LogP contribution in [0.5, 0.6) is 5.75 Å². The summed E-state index contributed by atoms with van der Waals surface area (Å²) in [6.07, 6.45) is 3.86. The van der Waals surface area contributed by atoms with E-state index >= 15 is 0 Å². The number of aromatic nitrogens is 1. The molecule has 1 aromatic carbocycles. The summed E-state index contributed by atoms with van der Waals surface area (Å²) in [6.45, 7) is 5.50. The maximum atomic E-state index is 13.2. The van der Waals surface area contributed by atoms with Gasteiger partial charge in [0.2, 0.25) is 5.91 Å². The molecule has 156 valence electrons. The molecule has 6 nitrogen and oxygen atoms in total. The second-order valence-corrected chi connectivity index (χ2v) is 8.14. The fourth-order valence-electron chi connectivity index (χ4n) is 3.53. The van der Waals surface area contributed by atoms with E-state index in [1.54, 1.807) is 24.1 Å². The number of hydrogen-bond donors (Lipinski definition) is 0. The summed E-state index contributed by atoms with van der Waals surface area (Å²) in [5.41, 5.74) is 1.58. The van der Waals surface area contributed by atoms with Crippen molar-refractivity contribution < 1.29 is 14.3 Å². The van der Waals surface area contributed by atoms with Gasteiger partial charge < -0.3 is 19.1 Å². The number of nitrogens with zero attached hydrogens (tertiary/aromatic N) is 3. The minimum absolute atomic E-state index is 0.0185. The van der Waals surface area contributed by atoms with Gasteiger partial charge in [0.25, 0.3) is 5.91 Å². The number of benzene rings is 1. The third-order valence-electron chi connectivity index (χ3n) is 5.23. The zero-order valence-corrected chi connectivity index (χ0v) is 17.8. The summed E-state index contributed by atoms with van der Waals surface area (Å²) in [6, 6.07) is 11.3. The summed E-state index contributed by atoms with van der Waals surface area (Å²) in [7, 11) is 3.54. The second-order valence-electron chi connectivity index (χ2n) is 8.14. The van der Waals surface area contributed by atoms with Crippen molar-refractivity contribution in [3.05, 3.63) is 53.9 Å². The van der Waals surface area contributed by atoms with Crippen molar-refractivity contribution in [3.63, 3.8) is 0 Å². The van der Waals surface area contributed by atoms with E-state index in [0.29, 0.717) is 30.3 Å². The van der Waals surface area contributed by atoms with Gasteiger partial charge in [0.15, 0.2) is 0 Å². The number of rotatable bonds is 9. The van der Waals surface area contributed by atoms with Gasteiger partial charge in [-0.15, -0.1) is 0 Å². The Kier molecular flexibility index (Phi) is 6.62. The molecule has 0 aliphatic heterocycles. The fourth-order valence-corrected chi connectivity index (χ4v) is 3.53. The lowest BCUT2D eigenvalue weighted by molar-refractivity contribution is -0.133. The minimum Gasteiger partial charge on any atom is -0.496 e. The molecule has 0 spiro atoms. The van der Waals surface area contributed by atoms with Crippen LogP contribution in [0.25, 0.3) is 0 Å². The maximum absolute atomic E-state index is 13.2.